The van der Waals surface area contributed by atoms with Crippen LogP contribution in [-0.2, 0) is 11.3 Å². The molecule has 0 saturated heterocycles. The molecule has 2 amide bonds. The zero-order valence-corrected chi connectivity index (χ0v) is 21.6. The van der Waals surface area contributed by atoms with Crippen molar-refractivity contribution in [2.75, 3.05) is 5.75 Å². The molecule has 3 aromatic rings. The fourth-order valence-corrected chi connectivity index (χ4v) is 6.18. The van der Waals surface area contributed by atoms with Gasteiger partial charge in [0.05, 0.1) is 16.7 Å². The standard InChI is InChI=1S/C26H34N6O3S/c1-2-14-31-24(35)20-13-12-17(23(34)28-19-10-6-7-11-19)15-21(20)32-25(31)29-30-26(32)36-16-22(33)27-18-8-4-3-5-9-18/h12-13,15,18-19H,2-11,14,16H2,1H3,(H,27,33)(H,28,34). The number of aromatic nitrogens is 4. The van der Waals surface area contributed by atoms with Gasteiger partial charge in [-0.3, -0.25) is 23.4 Å². The van der Waals surface area contributed by atoms with Crippen LogP contribution < -0.4 is 16.2 Å². The van der Waals surface area contributed by atoms with Gasteiger partial charge in [0.25, 0.3) is 11.5 Å². The monoisotopic (exact) mass is 510 g/mol. The third-order valence-electron chi connectivity index (χ3n) is 7.27. The summed E-state index contributed by atoms with van der Waals surface area (Å²) in [6.07, 6.45) is 10.7. The number of nitrogens with one attached hydrogen (secondary N) is 2. The van der Waals surface area contributed by atoms with E-state index in [0.29, 0.717) is 33.9 Å². The van der Waals surface area contributed by atoms with Crippen LogP contribution in [0.15, 0.2) is 28.2 Å². The van der Waals surface area contributed by atoms with Gasteiger partial charge in [0.1, 0.15) is 0 Å². The Hall–Kier alpha value is -2.88. The number of carbonyl (C=O) groups excluding carboxylic acids is 2. The average molecular weight is 511 g/mol. The predicted octanol–water partition coefficient (Wildman–Crippen LogP) is 3.67. The molecule has 36 heavy (non-hydrogen) atoms. The van der Waals surface area contributed by atoms with Gasteiger partial charge in [-0.05, 0) is 50.3 Å². The molecule has 2 N–H and O–H groups in total. The number of thioether (sulfide) groups is 1. The molecule has 5 rings (SSSR count). The fourth-order valence-electron chi connectivity index (χ4n) is 5.43. The first-order valence-corrected chi connectivity index (χ1v) is 14.2. The largest absolute Gasteiger partial charge is 0.353 e. The smallest absolute Gasteiger partial charge is 0.262 e. The minimum absolute atomic E-state index is 0.0218. The minimum Gasteiger partial charge on any atom is -0.353 e. The van der Waals surface area contributed by atoms with E-state index in [1.54, 1.807) is 22.8 Å². The van der Waals surface area contributed by atoms with E-state index < -0.39 is 0 Å². The summed E-state index contributed by atoms with van der Waals surface area (Å²) < 4.78 is 3.44. The van der Waals surface area contributed by atoms with Crippen molar-refractivity contribution in [3.8, 4) is 0 Å². The summed E-state index contributed by atoms with van der Waals surface area (Å²) in [5.74, 6) is 0.487. The van der Waals surface area contributed by atoms with Crippen LogP contribution in [0, 0.1) is 0 Å². The molecule has 2 aliphatic rings. The van der Waals surface area contributed by atoms with E-state index in [2.05, 4.69) is 20.8 Å². The fraction of sp³-hybridized carbons (Fsp3) is 0.577. The number of aryl methyl sites for hydroxylation is 1. The molecule has 2 aromatic heterocycles. The molecule has 0 radical (unpaired) electrons. The summed E-state index contributed by atoms with van der Waals surface area (Å²) in [6, 6.07) is 5.63. The maximum Gasteiger partial charge on any atom is 0.262 e. The SMILES string of the molecule is CCCn1c(=O)c2ccc(C(=O)NC3CCCC3)cc2n2c(SCC(=O)NC3CCCCC3)nnc12. The highest BCUT2D eigenvalue weighted by molar-refractivity contribution is 7.99. The highest BCUT2D eigenvalue weighted by Gasteiger charge is 2.22. The lowest BCUT2D eigenvalue weighted by atomic mass is 9.95. The van der Waals surface area contributed by atoms with Crippen LogP contribution in [0.2, 0.25) is 0 Å². The second-order valence-electron chi connectivity index (χ2n) is 9.95. The van der Waals surface area contributed by atoms with Crippen LogP contribution in [0.5, 0.6) is 0 Å². The van der Waals surface area contributed by atoms with Gasteiger partial charge in [-0.1, -0.05) is 50.8 Å². The molecule has 0 bridgehead atoms. The van der Waals surface area contributed by atoms with E-state index >= 15 is 0 Å². The molecule has 0 unspecified atom stereocenters. The van der Waals surface area contributed by atoms with Crippen LogP contribution in [0.1, 0.15) is 81.5 Å². The maximum atomic E-state index is 13.3. The number of hydrogen-bond acceptors (Lipinski definition) is 6. The molecule has 9 nitrogen and oxygen atoms in total. The Labute approximate surface area is 214 Å². The minimum atomic E-state index is -0.152. The van der Waals surface area contributed by atoms with E-state index in [4.69, 9.17) is 0 Å². The summed E-state index contributed by atoms with van der Waals surface area (Å²) in [4.78, 5) is 38.9. The number of amides is 2. The second kappa shape index (κ2) is 11.0. The molecule has 2 aliphatic carbocycles. The van der Waals surface area contributed by atoms with Gasteiger partial charge in [-0.25, -0.2) is 0 Å². The van der Waals surface area contributed by atoms with Crippen molar-refractivity contribution >= 4 is 40.3 Å². The predicted molar refractivity (Wildman–Crippen MR) is 141 cm³/mol. The van der Waals surface area contributed by atoms with E-state index in [1.165, 1.54) is 18.2 Å². The number of carbonyl (C=O) groups is 2. The zero-order chi connectivity index (χ0) is 25.1. The topological polar surface area (TPSA) is 110 Å². The van der Waals surface area contributed by atoms with Gasteiger partial charge in [0.2, 0.25) is 11.7 Å². The Morgan fingerprint density at radius 1 is 1.00 bits per heavy atom. The van der Waals surface area contributed by atoms with Crippen LogP contribution in [0.3, 0.4) is 0 Å². The Morgan fingerprint density at radius 2 is 1.69 bits per heavy atom. The molecular formula is C26H34N6O3S. The van der Waals surface area contributed by atoms with Gasteiger partial charge < -0.3 is 10.6 Å². The number of nitrogens with zero attached hydrogens (tertiary/aromatic N) is 4. The summed E-state index contributed by atoms with van der Waals surface area (Å²) >= 11 is 1.30. The van der Waals surface area contributed by atoms with Gasteiger partial charge in [-0.15, -0.1) is 10.2 Å². The van der Waals surface area contributed by atoms with E-state index in [9.17, 15) is 14.4 Å². The normalized spacial score (nSPS) is 17.1. The quantitative estimate of drug-likeness (QED) is 0.448. The van der Waals surface area contributed by atoms with Gasteiger partial charge in [0.15, 0.2) is 5.16 Å². The lowest BCUT2D eigenvalue weighted by molar-refractivity contribution is -0.119. The number of fused-ring (bicyclic) bond motifs is 3. The van der Waals surface area contributed by atoms with Crippen molar-refractivity contribution in [2.45, 2.75) is 94.9 Å². The summed E-state index contributed by atoms with van der Waals surface area (Å²) in [5, 5.41) is 16.0. The van der Waals surface area contributed by atoms with Crippen molar-refractivity contribution in [3.63, 3.8) is 0 Å². The van der Waals surface area contributed by atoms with Gasteiger partial charge in [0, 0.05) is 24.2 Å². The summed E-state index contributed by atoms with van der Waals surface area (Å²) in [6.45, 7) is 2.51. The maximum absolute atomic E-state index is 13.3. The molecule has 10 heteroatoms. The summed E-state index contributed by atoms with van der Waals surface area (Å²) in [5.41, 5.74) is 0.936. The van der Waals surface area contributed by atoms with Crippen molar-refractivity contribution in [2.24, 2.45) is 0 Å². The second-order valence-corrected chi connectivity index (χ2v) is 10.9. The number of benzene rings is 1. The average Bonchev–Trinajstić information content (AvgIpc) is 3.56. The first-order chi connectivity index (χ1) is 17.5. The molecule has 1 aromatic carbocycles. The van der Waals surface area contributed by atoms with Crippen LogP contribution >= 0.6 is 11.8 Å². The van der Waals surface area contributed by atoms with Crippen LogP contribution in [0.25, 0.3) is 16.7 Å². The Balaban J connectivity index is 1.47. The van der Waals surface area contributed by atoms with Crippen molar-refractivity contribution in [3.05, 3.63) is 34.1 Å². The van der Waals surface area contributed by atoms with E-state index in [0.717, 1.165) is 57.8 Å². The van der Waals surface area contributed by atoms with Crippen molar-refractivity contribution in [1.82, 2.24) is 29.8 Å². The van der Waals surface area contributed by atoms with Crippen LogP contribution in [-0.4, -0.2) is 48.8 Å². The van der Waals surface area contributed by atoms with Crippen molar-refractivity contribution < 1.29 is 9.59 Å². The molecular weight excluding hydrogens is 476 g/mol. The Morgan fingerprint density at radius 3 is 2.42 bits per heavy atom. The van der Waals surface area contributed by atoms with Crippen LogP contribution in [0.4, 0.5) is 0 Å². The molecule has 0 spiro atoms. The Kier molecular flexibility index (Phi) is 7.59. The molecule has 2 saturated carbocycles. The summed E-state index contributed by atoms with van der Waals surface area (Å²) in [7, 11) is 0. The third kappa shape index (κ3) is 5.14. The van der Waals surface area contributed by atoms with Gasteiger partial charge in [-0.2, -0.15) is 0 Å². The third-order valence-corrected chi connectivity index (χ3v) is 8.20. The highest BCUT2D eigenvalue weighted by atomic mass is 32.2. The van der Waals surface area contributed by atoms with Gasteiger partial charge >= 0.3 is 0 Å². The molecule has 0 aliphatic heterocycles. The first kappa shape index (κ1) is 24.8. The number of hydrogen-bond donors (Lipinski definition) is 2. The number of rotatable bonds is 8. The lowest BCUT2D eigenvalue weighted by Crippen LogP contribution is -2.37. The molecule has 0 atom stereocenters. The van der Waals surface area contributed by atoms with Crippen molar-refractivity contribution in [1.29, 1.82) is 0 Å². The lowest BCUT2D eigenvalue weighted by Gasteiger charge is -2.22. The molecule has 2 fully saturated rings. The van der Waals surface area contributed by atoms with E-state index in [-0.39, 0.29) is 35.2 Å². The Bertz CT molecular complexity index is 1320. The zero-order valence-electron chi connectivity index (χ0n) is 20.8. The highest BCUT2D eigenvalue weighted by Crippen LogP contribution is 2.24. The molecule has 192 valence electrons. The first-order valence-electron chi connectivity index (χ1n) is 13.2. The molecule has 2 heterocycles. The van der Waals surface area contributed by atoms with E-state index in [1.807, 2.05) is 11.3 Å².